The molecule has 0 fully saturated rings. The molecule has 0 saturated carbocycles. The van der Waals surface area contributed by atoms with Gasteiger partial charge in [-0.15, -0.1) is 0 Å². The zero-order valence-corrected chi connectivity index (χ0v) is 15.1. The Kier molecular flexibility index (Phi) is 5.48. The smallest absolute Gasteiger partial charge is 0.169 e. The fourth-order valence-electron chi connectivity index (χ4n) is 2.41. The minimum Gasteiger partial charge on any atom is -0.493 e. The molecular weight excluding hydrogens is 340 g/mol. The van der Waals surface area contributed by atoms with Crippen molar-refractivity contribution in [2.24, 2.45) is 0 Å². The van der Waals surface area contributed by atoms with Crippen molar-refractivity contribution in [1.82, 2.24) is 9.55 Å². The van der Waals surface area contributed by atoms with Crippen molar-refractivity contribution in [3.05, 3.63) is 65.7 Å². The number of benzene rings is 2. The fraction of sp³-hybridized carbons (Fsp3) is 0.211. The topological polar surface area (TPSA) is 27.1 Å². The monoisotopic (exact) mass is 358 g/mol. The molecule has 0 aliphatic rings. The minimum absolute atomic E-state index is 0.614. The molecule has 0 aliphatic heterocycles. The van der Waals surface area contributed by atoms with E-state index >= 15 is 0 Å². The lowest BCUT2D eigenvalue weighted by atomic mass is 10.3. The van der Waals surface area contributed by atoms with Crippen molar-refractivity contribution in [3.63, 3.8) is 0 Å². The Morgan fingerprint density at radius 2 is 1.96 bits per heavy atom. The minimum atomic E-state index is 0.614. The summed E-state index contributed by atoms with van der Waals surface area (Å²) in [6.45, 7) is 7.45. The normalized spacial score (nSPS) is 10.9. The first-order valence-electron chi connectivity index (χ1n) is 7.74. The number of imidazole rings is 1. The summed E-state index contributed by atoms with van der Waals surface area (Å²) >= 11 is 7.57. The van der Waals surface area contributed by atoms with Gasteiger partial charge in [0.05, 0.1) is 17.6 Å². The number of aromatic nitrogens is 2. The van der Waals surface area contributed by atoms with Crippen LogP contribution in [0.5, 0.6) is 5.75 Å². The summed E-state index contributed by atoms with van der Waals surface area (Å²) in [6.07, 6.45) is 0. The van der Waals surface area contributed by atoms with E-state index in [1.54, 1.807) is 11.8 Å². The van der Waals surface area contributed by atoms with Crippen molar-refractivity contribution in [2.45, 2.75) is 18.6 Å². The molecule has 1 aromatic heterocycles. The zero-order valence-electron chi connectivity index (χ0n) is 13.5. The maximum atomic E-state index is 5.87. The van der Waals surface area contributed by atoms with Crippen molar-refractivity contribution < 1.29 is 4.74 Å². The van der Waals surface area contributed by atoms with Crippen LogP contribution in [-0.2, 0) is 6.54 Å². The molecule has 2 aromatic carbocycles. The highest BCUT2D eigenvalue weighted by Crippen LogP contribution is 2.25. The summed E-state index contributed by atoms with van der Waals surface area (Å²) < 4.78 is 7.96. The quantitative estimate of drug-likeness (QED) is 0.320. The predicted molar refractivity (Wildman–Crippen MR) is 102 cm³/mol. The number of fused-ring (bicyclic) bond motifs is 1. The molecule has 0 radical (unpaired) electrons. The lowest BCUT2D eigenvalue weighted by Crippen LogP contribution is -2.04. The van der Waals surface area contributed by atoms with Crippen molar-refractivity contribution in [2.75, 3.05) is 12.4 Å². The van der Waals surface area contributed by atoms with E-state index in [4.69, 9.17) is 21.3 Å². The van der Waals surface area contributed by atoms with Crippen LogP contribution in [0.1, 0.15) is 6.92 Å². The van der Waals surface area contributed by atoms with Gasteiger partial charge in [-0.1, -0.05) is 47.6 Å². The average Bonchev–Trinajstić information content (AvgIpc) is 2.91. The fourth-order valence-corrected chi connectivity index (χ4v) is 3.37. The van der Waals surface area contributed by atoms with Gasteiger partial charge in [0.15, 0.2) is 5.16 Å². The highest BCUT2D eigenvalue weighted by molar-refractivity contribution is 7.99. The number of hydrogen-bond acceptors (Lipinski definition) is 3. The Morgan fingerprint density at radius 3 is 2.71 bits per heavy atom. The van der Waals surface area contributed by atoms with Crippen LogP contribution in [0.2, 0.25) is 5.02 Å². The van der Waals surface area contributed by atoms with E-state index in [2.05, 4.69) is 17.2 Å². The standard InChI is InChI=1S/C19H19ClN2OS/c1-14(2)13-22-18-6-4-3-5-17(18)21-19(22)24-12-11-23-16-9-7-15(20)8-10-16/h3-10H,1,11-13H2,2H3. The van der Waals surface area contributed by atoms with Gasteiger partial charge in [-0.2, -0.15) is 0 Å². The SMILES string of the molecule is C=C(C)Cn1c(SCCOc2ccc(Cl)cc2)nc2ccccc21. The highest BCUT2D eigenvalue weighted by atomic mass is 35.5. The van der Waals surface area contributed by atoms with Gasteiger partial charge in [0.2, 0.25) is 0 Å². The lowest BCUT2D eigenvalue weighted by molar-refractivity contribution is 0.344. The van der Waals surface area contributed by atoms with E-state index in [-0.39, 0.29) is 0 Å². The van der Waals surface area contributed by atoms with Gasteiger partial charge in [0, 0.05) is 17.3 Å². The number of hydrogen-bond donors (Lipinski definition) is 0. The molecule has 24 heavy (non-hydrogen) atoms. The van der Waals surface area contributed by atoms with Crippen LogP contribution in [0.15, 0.2) is 65.8 Å². The van der Waals surface area contributed by atoms with Crippen LogP contribution in [0, 0.1) is 0 Å². The Labute approximate surface area is 151 Å². The first-order chi connectivity index (χ1) is 11.6. The Morgan fingerprint density at radius 1 is 1.21 bits per heavy atom. The Hall–Kier alpha value is -1.91. The van der Waals surface area contributed by atoms with Gasteiger partial charge in [0.1, 0.15) is 5.75 Å². The van der Waals surface area contributed by atoms with Crippen molar-refractivity contribution >= 4 is 34.4 Å². The van der Waals surface area contributed by atoms with Crippen LogP contribution in [-0.4, -0.2) is 21.9 Å². The molecule has 0 aliphatic carbocycles. The molecule has 124 valence electrons. The second-order valence-electron chi connectivity index (χ2n) is 5.58. The van der Waals surface area contributed by atoms with Crippen LogP contribution in [0.3, 0.4) is 0 Å². The molecule has 3 aromatic rings. The maximum absolute atomic E-state index is 5.87. The molecule has 3 rings (SSSR count). The molecule has 0 atom stereocenters. The number of thioether (sulfide) groups is 1. The summed E-state index contributed by atoms with van der Waals surface area (Å²) in [5.41, 5.74) is 3.26. The first-order valence-corrected chi connectivity index (χ1v) is 9.10. The Bertz CT molecular complexity index is 842. The number of nitrogens with zero attached hydrogens (tertiary/aromatic N) is 2. The molecule has 0 N–H and O–H groups in total. The summed E-state index contributed by atoms with van der Waals surface area (Å²) in [6, 6.07) is 15.6. The van der Waals surface area contributed by atoms with Crippen LogP contribution >= 0.6 is 23.4 Å². The number of allylic oxidation sites excluding steroid dienone is 1. The summed E-state index contributed by atoms with van der Waals surface area (Å²) in [7, 11) is 0. The third-order valence-corrected chi connectivity index (χ3v) is 4.64. The van der Waals surface area contributed by atoms with E-state index in [0.29, 0.717) is 11.6 Å². The van der Waals surface area contributed by atoms with Gasteiger partial charge in [-0.05, 0) is 43.3 Å². The molecule has 0 saturated heterocycles. The van der Waals surface area contributed by atoms with E-state index in [1.807, 2.05) is 49.4 Å². The molecule has 0 bridgehead atoms. The van der Waals surface area contributed by atoms with E-state index in [1.165, 1.54) is 0 Å². The third-order valence-electron chi connectivity index (χ3n) is 3.44. The summed E-state index contributed by atoms with van der Waals surface area (Å²) in [4.78, 5) is 4.73. The van der Waals surface area contributed by atoms with Gasteiger partial charge in [-0.25, -0.2) is 4.98 Å². The van der Waals surface area contributed by atoms with Crippen molar-refractivity contribution in [3.8, 4) is 5.75 Å². The summed E-state index contributed by atoms with van der Waals surface area (Å²) in [5, 5.41) is 1.71. The van der Waals surface area contributed by atoms with Gasteiger partial charge >= 0.3 is 0 Å². The summed E-state index contributed by atoms with van der Waals surface area (Å²) in [5.74, 6) is 1.65. The van der Waals surface area contributed by atoms with Crippen LogP contribution in [0.25, 0.3) is 11.0 Å². The van der Waals surface area contributed by atoms with E-state index in [0.717, 1.165) is 39.8 Å². The second kappa shape index (κ2) is 7.77. The van der Waals surface area contributed by atoms with Crippen molar-refractivity contribution in [1.29, 1.82) is 0 Å². The highest BCUT2D eigenvalue weighted by Gasteiger charge is 2.10. The molecule has 0 unspecified atom stereocenters. The molecule has 0 amide bonds. The second-order valence-corrected chi connectivity index (χ2v) is 7.08. The number of halogens is 1. The number of rotatable bonds is 7. The molecule has 3 nitrogen and oxygen atoms in total. The zero-order chi connectivity index (χ0) is 16.9. The molecule has 5 heteroatoms. The number of ether oxygens (including phenoxy) is 1. The molecular formula is C19H19ClN2OS. The lowest BCUT2D eigenvalue weighted by Gasteiger charge is -2.09. The molecule has 0 spiro atoms. The average molecular weight is 359 g/mol. The predicted octanol–water partition coefficient (Wildman–Crippen LogP) is 5.44. The van der Waals surface area contributed by atoms with Gasteiger partial charge in [-0.3, -0.25) is 0 Å². The maximum Gasteiger partial charge on any atom is 0.169 e. The number of para-hydroxylation sites is 2. The Balaban J connectivity index is 1.66. The van der Waals surface area contributed by atoms with E-state index < -0.39 is 0 Å². The third kappa shape index (κ3) is 4.13. The van der Waals surface area contributed by atoms with Gasteiger partial charge < -0.3 is 9.30 Å². The molecule has 1 heterocycles. The van der Waals surface area contributed by atoms with Gasteiger partial charge in [0.25, 0.3) is 0 Å². The first kappa shape index (κ1) is 16.9. The van der Waals surface area contributed by atoms with E-state index in [9.17, 15) is 0 Å². The van der Waals surface area contributed by atoms with Crippen LogP contribution in [0.4, 0.5) is 0 Å². The largest absolute Gasteiger partial charge is 0.493 e. The van der Waals surface area contributed by atoms with Crippen LogP contribution < -0.4 is 4.74 Å².